The smallest absolute Gasteiger partial charge is 0.117 e. The van der Waals surface area contributed by atoms with Gasteiger partial charge in [-0.25, -0.2) is 0 Å². The van der Waals surface area contributed by atoms with E-state index in [-0.39, 0.29) is 11.8 Å². The van der Waals surface area contributed by atoms with Gasteiger partial charge in [-0.15, -0.1) is 0 Å². The maximum atomic E-state index is 9.09. The van der Waals surface area contributed by atoms with Crippen LogP contribution in [-0.4, -0.2) is 18.8 Å². The first-order valence-corrected chi connectivity index (χ1v) is 4.26. The molecule has 1 aromatic rings. The highest BCUT2D eigenvalue weighted by Crippen LogP contribution is 2.25. The first-order chi connectivity index (χ1) is 6.15. The van der Waals surface area contributed by atoms with E-state index in [1.807, 2.05) is 0 Å². The van der Waals surface area contributed by atoms with Crippen LogP contribution in [0.15, 0.2) is 18.2 Å². The van der Waals surface area contributed by atoms with Gasteiger partial charge in [0.1, 0.15) is 5.75 Å². The third-order valence-electron chi connectivity index (χ3n) is 1.73. The number of phenols is 1. The Bertz CT molecular complexity index is 291. The maximum absolute atomic E-state index is 9.09. The lowest BCUT2D eigenvalue weighted by atomic mass is 10.1. The number of benzene rings is 1. The summed E-state index contributed by atoms with van der Waals surface area (Å²) in [6, 6.07) is 4.46. The zero-order chi connectivity index (χ0) is 9.84. The Hall–Kier alpha value is -0.770. The fraction of sp³-hybridized carbons (Fsp3) is 0.333. The lowest BCUT2D eigenvalue weighted by Gasteiger charge is -2.12. The van der Waals surface area contributed by atoms with Crippen LogP contribution in [0.2, 0.25) is 5.02 Å². The van der Waals surface area contributed by atoms with Gasteiger partial charge in [-0.1, -0.05) is 17.7 Å². The van der Waals surface area contributed by atoms with Gasteiger partial charge >= 0.3 is 0 Å². The number of halogens is 1. The SMILES string of the molecule is COC[C@H](N)c1ccc(O)cc1Cl. The summed E-state index contributed by atoms with van der Waals surface area (Å²) in [5, 5.41) is 9.56. The average molecular weight is 202 g/mol. The van der Waals surface area contributed by atoms with Crippen molar-refractivity contribution in [3.63, 3.8) is 0 Å². The molecule has 0 aliphatic carbocycles. The number of phenolic OH excluding ortho intramolecular Hbond substituents is 1. The number of hydrogen-bond donors (Lipinski definition) is 2. The Morgan fingerprint density at radius 3 is 2.85 bits per heavy atom. The first-order valence-electron chi connectivity index (χ1n) is 3.88. The number of aromatic hydroxyl groups is 1. The number of rotatable bonds is 3. The van der Waals surface area contributed by atoms with Gasteiger partial charge < -0.3 is 15.6 Å². The Kier molecular flexibility index (Phi) is 3.54. The van der Waals surface area contributed by atoms with Crippen LogP contribution in [0.5, 0.6) is 5.75 Å². The van der Waals surface area contributed by atoms with Gasteiger partial charge in [0.2, 0.25) is 0 Å². The quantitative estimate of drug-likeness (QED) is 0.783. The molecule has 0 aromatic heterocycles. The molecule has 4 heteroatoms. The number of nitrogens with two attached hydrogens (primary N) is 1. The molecule has 13 heavy (non-hydrogen) atoms. The van der Waals surface area contributed by atoms with Crippen LogP contribution in [0.25, 0.3) is 0 Å². The van der Waals surface area contributed by atoms with Crippen LogP contribution in [0.1, 0.15) is 11.6 Å². The Balaban J connectivity index is 2.88. The predicted molar refractivity (Wildman–Crippen MR) is 51.9 cm³/mol. The van der Waals surface area contributed by atoms with Crippen LogP contribution in [0.3, 0.4) is 0 Å². The highest BCUT2D eigenvalue weighted by molar-refractivity contribution is 6.31. The summed E-state index contributed by atoms with van der Waals surface area (Å²) in [5.41, 5.74) is 6.54. The molecule has 0 spiro atoms. The molecule has 0 aliphatic heterocycles. The molecule has 1 atom stereocenters. The van der Waals surface area contributed by atoms with Gasteiger partial charge in [0.15, 0.2) is 0 Å². The van der Waals surface area contributed by atoms with E-state index in [9.17, 15) is 0 Å². The van der Waals surface area contributed by atoms with E-state index in [4.69, 9.17) is 27.2 Å². The third-order valence-corrected chi connectivity index (χ3v) is 2.06. The van der Waals surface area contributed by atoms with Gasteiger partial charge in [0, 0.05) is 12.1 Å². The standard InChI is InChI=1S/C9H12ClNO2/c1-13-5-9(11)7-3-2-6(12)4-8(7)10/h2-4,9,12H,5,11H2,1H3/t9-/m0/s1. The largest absolute Gasteiger partial charge is 0.508 e. The molecule has 0 saturated carbocycles. The summed E-state index contributed by atoms with van der Waals surface area (Å²) in [5.74, 6) is 0.137. The molecule has 3 nitrogen and oxygen atoms in total. The van der Waals surface area contributed by atoms with Crippen LogP contribution in [-0.2, 0) is 4.74 Å². The zero-order valence-corrected chi connectivity index (χ0v) is 8.08. The molecule has 0 amide bonds. The monoisotopic (exact) mass is 201 g/mol. The van der Waals surface area contributed by atoms with E-state index in [0.717, 1.165) is 5.56 Å². The van der Waals surface area contributed by atoms with Crippen LogP contribution in [0.4, 0.5) is 0 Å². The number of methoxy groups -OCH3 is 1. The fourth-order valence-electron chi connectivity index (χ4n) is 1.09. The summed E-state index contributed by atoms with van der Waals surface area (Å²) < 4.78 is 4.90. The molecule has 1 aromatic carbocycles. The van der Waals surface area contributed by atoms with E-state index in [0.29, 0.717) is 11.6 Å². The lowest BCUT2D eigenvalue weighted by molar-refractivity contribution is 0.181. The van der Waals surface area contributed by atoms with Crippen LogP contribution in [0, 0.1) is 0 Å². The van der Waals surface area contributed by atoms with Crippen molar-refractivity contribution >= 4 is 11.6 Å². The molecular weight excluding hydrogens is 190 g/mol. The first kappa shape index (κ1) is 10.3. The molecule has 0 bridgehead atoms. The summed E-state index contributed by atoms with van der Waals surface area (Å²) in [7, 11) is 1.58. The third kappa shape index (κ3) is 2.59. The number of hydrogen-bond acceptors (Lipinski definition) is 3. The van der Waals surface area contributed by atoms with Crippen molar-refractivity contribution in [2.75, 3.05) is 13.7 Å². The molecule has 72 valence electrons. The Morgan fingerprint density at radius 2 is 2.31 bits per heavy atom. The molecule has 0 fully saturated rings. The van der Waals surface area contributed by atoms with Gasteiger partial charge in [-0.2, -0.15) is 0 Å². The minimum absolute atomic E-state index is 0.137. The molecule has 0 saturated heterocycles. The summed E-state index contributed by atoms with van der Waals surface area (Å²) >= 11 is 5.86. The van der Waals surface area contributed by atoms with Crippen molar-refractivity contribution < 1.29 is 9.84 Å². The highest BCUT2D eigenvalue weighted by Gasteiger charge is 2.09. The molecule has 0 radical (unpaired) electrons. The molecule has 0 aliphatic rings. The second-order valence-electron chi connectivity index (χ2n) is 2.77. The zero-order valence-electron chi connectivity index (χ0n) is 7.33. The van der Waals surface area contributed by atoms with Crippen molar-refractivity contribution in [1.82, 2.24) is 0 Å². The van der Waals surface area contributed by atoms with E-state index in [2.05, 4.69) is 0 Å². The van der Waals surface area contributed by atoms with Gasteiger partial charge in [0.05, 0.1) is 12.6 Å². The maximum Gasteiger partial charge on any atom is 0.117 e. The van der Waals surface area contributed by atoms with Crippen molar-refractivity contribution in [2.45, 2.75) is 6.04 Å². The molecule has 3 N–H and O–H groups in total. The summed E-state index contributed by atoms with van der Waals surface area (Å²) in [6.45, 7) is 0.407. The molecule has 1 rings (SSSR count). The minimum Gasteiger partial charge on any atom is -0.508 e. The van der Waals surface area contributed by atoms with E-state index in [1.165, 1.54) is 6.07 Å². The minimum atomic E-state index is -0.252. The molecule has 0 unspecified atom stereocenters. The topological polar surface area (TPSA) is 55.5 Å². The highest BCUT2D eigenvalue weighted by atomic mass is 35.5. The average Bonchev–Trinajstić information content (AvgIpc) is 2.04. The van der Waals surface area contributed by atoms with Crippen molar-refractivity contribution in [1.29, 1.82) is 0 Å². The second-order valence-corrected chi connectivity index (χ2v) is 3.17. The lowest BCUT2D eigenvalue weighted by Crippen LogP contribution is -2.16. The molecule has 0 heterocycles. The van der Waals surface area contributed by atoms with Gasteiger partial charge in [0.25, 0.3) is 0 Å². The fourth-order valence-corrected chi connectivity index (χ4v) is 1.40. The van der Waals surface area contributed by atoms with E-state index >= 15 is 0 Å². The van der Waals surface area contributed by atoms with Crippen molar-refractivity contribution in [3.05, 3.63) is 28.8 Å². The van der Waals surface area contributed by atoms with Crippen molar-refractivity contribution in [3.8, 4) is 5.75 Å². The van der Waals surface area contributed by atoms with Crippen LogP contribution >= 0.6 is 11.6 Å². The number of ether oxygens (including phenoxy) is 1. The van der Waals surface area contributed by atoms with E-state index in [1.54, 1.807) is 19.2 Å². The predicted octanol–water partition coefficient (Wildman–Crippen LogP) is 1.69. The normalized spacial score (nSPS) is 12.8. The summed E-state index contributed by atoms with van der Waals surface area (Å²) in [4.78, 5) is 0. The van der Waals surface area contributed by atoms with Crippen LogP contribution < -0.4 is 5.73 Å². The second kappa shape index (κ2) is 4.46. The Labute approximate surface area is 82.1 Å². The van der Waals surface area contributed by atoms with E-state index < -0.39 is 0 Å². The Morgan fingerprint density at radius 1 is 1.62 bits per heavy atom. The van der Waals surface area contributed by atoms with Gasteiger partial charge in [-0.3, -0.25) is 0 Å². The van der Waals surface area contributed by atoms with Crippen molar-refractivity contribution in [2.24, 2.45) is 5.73 Å². The molecular formula is C9H12ClNO2. The summed E-state index contributed by atoms with van der Waals surface area (Å²) in [6.07, 6.45) is 0. The van der Waals surface area contributed by atoms with Gasteiger partial charge in [-0.05, 0) is 17.7 Å².